The first kappa shape index (κ1) is 81.2. The van der Waals surface area contributed by atoms with E-state index in [9.17, 15) is 35.1 Å². The monoisotopic (exact) mass is 1200 g/mol. The number of carbonyl (C=O) groups excluding carboxylic acids is 2. The molecule has 0 radical (unpaired) electrons. The lowest BCUT2D eigenvalue weighted by atomic mass is 9.99. The van der Waals surface area contributed by atoms with Crippen molar-refractivity contribution < 1.29 is 49.3 Å². The summed E-state index contributed by atoms with van der Waals surface area (Å²) >= 11 is 0. The average molecular weight is 1200 g/mol. The highest BCUT2D eigenvalue weighted by molar-refractivity contribution is 5.80. The maximum Gasteiger partial charge on any atom is 0.306 e. The van der Waals surface area contributed by atoms with E-state index in [0.717, 1.165) is 57.8 Å². The summed E-state index contributed by atoms with van der Waals surface area (Å²) in [6, 6.07) is -1.02. The van der Waals surface area contributed by atoms with Gasteiger partial charge in [0.15, 0.2) is 12.4 Å². The van der Waals surface area contributed by atoms with Gasteiger partial charge in [-0.1, -0.05) is 340 Å². The smallest absolute Gasteiger partial charge is 0.306 e. The molecule has 1 amide bonds. The molecule has 0 aromatic carbocycles. The van der Waals surface area contributed by atoms with Gasteiger partial charge in [-0.25, -0.2) is 0 Å². The maximum atomic E-state index is 13.5. The van der Waals surface area contributed by atoms with E-state index >= 15 is 0 Å². The van der Waals surface area contributed by atoms with Crippen molar-refractivity contribution in [3.05, 3.63) is 24.3 Å². The zero-order valence-electron chi connectivity index (χ0n) is 56.0. The predicted molar refractivity (Wildman–Crippen MR) is 357 cm³/mol. The molecule has 8 atom stereocenters. The van der Waals surface area contributed by atoms with Crippen LogP contribution in [0.25, 0.3) is 0 Å². The second kappa shape index (κ2) is 62.3. The normalized spacial score (nSPS) is 18.4. The lowest BCUT2D eigenvalue weighted by Crippen LogP contribution is -2.61. The quantitative estimate of drug-likeness (QED) is 0.0195. The lowest BCUT2D eigenvalue weighted by Gasteiger charge is -2.41. The molecule has 1 saturated heterocycles. The first-order valence-electron chi connectivity index (χ1n) is 37.1. The van der Waals surface area contributed by atoms with Crippen LogP contribution in [0.4, 0.5) is 0 Å². The van der Waals surface area contributed by atoms with Gasteiger partial charge in [0, 0.05) is 6.42 Å². The van der Waals surface area contributed by atoms with Gasteiger partial charge in [0.1, 0.15) is 24.4 Å². The van der Waals surface area contributed by atoms with Gasteiger partial charge in [0.25, 0.3) is 0 Å². The molecule has 11 heteroatoms. The number of aliphatic hydroxyl groups excluding tert-OH is 5. The van der Waals surface area contributed by atoms with Crippen molar-refractivity contribution in [2.45, 2.75) is 423 Å². The Balaban J connectivity index is 2.52. The summed E-state index contributed by atoms with van der Waals surface area (Å²) in [4.78, 5) is 26.7. The molecule has 1 fully saturated rings. The number of ether oxygens (including phenoxy) is 3. The van der Waals surface area contributed by atoms with Crippen molar-refractivity contribution in [3.8, 4) is 0 Å². The van der Waals surface area contributed by atoms with Crippen LogP contribution in [-0.4, -0.2) is 99.6 Å². The van der Waals surface area contributed by atoms with E-state index in [1.807, 2.05) is 6.08 Å². The van der Waals surface area contributed by atoms with E-state index in [1.165, 1.54) is 270 Å². The molecule has 1 aliphatic rings. The number of amides is 1. The summed E-state index contributed by atoms with van der Waals surface area (Å²) in [6.45, 7) is 5.85. The van der Waals surface area contributed by atoms with E-state index in [-0.39, 0.29) is 13.0 Å². The van der Waals surface area contributed by atoms with E-state index in [2.05, 4.69) is 38.2 Å². The second-order valence-corrected chi connectivity index (χ2v) is 26.0. The van der Waals surface area contributed by atoms with Crippen molar-refractivity contribution in [2.24, 2.45) is 0 Å². The summed E-state index contributed by atoms with van der Waals surface area (Å²) in [6.07, 6.45) is 65.2. The summed E-state index contributed by atoms with van der Waals surface area (Å²) in [5.41, 5.74) is 0. The molecule has 502 valence electrons. The van der Waals surface area contributed by atoms with E-state index in [1.54, 1.807) is 6.08 Å². The minimum Gasteiger partial charge on any atom is -0.454 e. The minimum atomic E-state index is -1.61. The van der Waals surface area contributed by atoms with Crippen LogP contribution in [-0.2, 0) is 23.8 Å². The SMILES string of the molecule is CCCCCCCC/C=C/CCCCCCCCCCCCCCC(O)C(=O)NC(COC1OC(CO)C(O)C(O)C1OC(=O)CCCCCCCCCCCCCCCCCCCCCCCCC)C(O)/C=C/CCCCCCCCCCC. The third kappa shape index (κ3) is 49.6. The number of allylic oxidation sites excluding steroid dienone is 3. The first-order valence-corrected chi connectivity index (χ1v) is 37.1. The molecule has 85 heavy (non-hydrogen) atoms. The fourth-order valence-electron chi connectivity index (χ4n) is 12.0. The van der Waals surface area contributed by atoms with Crippen molar-refractivity contribution in [1.82, 2.24) is 5.32 Å². The maximum absolute atomic E-state index is 13.5. The van der Waals surface area contributed by atoms with Gasteiger partial charge < -0.3 is 45.1 Å². The molecule has 1 heterocycles. The number of rotatable bonds is 65. The predicted octanol–water partition coefficient (Wildman–Crippen LogP) is 19.2. The van der Waals surface area contributed by atoms with Crippen LogP contribution in [0.5, 0.6) is 0 Å². The van der Waals surface area contributed by atoms with Crippen molar-refractivity contribution in [3.63, 3.8) is 0 Å². The van der Waals surface area contributed by atoms with E-state index in [0.29, 0.717) is 19.3 Å². The molecule has 1 aliphatic heterocycles. The van der Waals surface area contributed by atoms with Gasteiger partial charge in [-0.2, -0.15) is 0 Å². The van der Waals surface area contributed by atoms with E-state index < -0.39 is 67.4 Å². The van der Waals surface area contributed by atoms with Crippen LogP contribution in [0.15, 0.2) is 24.3 Å². The third-order valence-corrected chi connectivity index (χ3v) is 17.9. The van der Waals surface area contributed by atoms with Gasteiger partial charge in [-0.3, -0.25) is 9.59 Å². The molecule has 0 spiro atoms. The van der Waals surface area contributed by atoms with Crippen molar-refractivity contribution in [1.29, 1.82) is 0 Å². The van der Waals surface area contributed by atoms with Gasteiger partial charge in [0.2, 0.25) is 5.91 Å². The minimum absolute atomic E-state index is 0.131. The Kier molecular flexibility index (Phi) is 59.5. The average Bonchev–Trinajstić information content (AvgIpc) is 3.63. The number of nitrogens with one attached hydrogen (secondary N) is 1. The molecule has 0 aromatic heterocycles. The number of esters is 1. The Bertz CT molecular complexity index is 1480. The fourth-order valence-corrected chi connectivity index (χ4v) is 12.0. The van der Waals surface area contributed by atoms with Crippen LogP contribution >= 0.6 is 0 Å². The molecule has 8 unspecified atom stereocenters. The molecule has 1 rings (SSSR count). The number of unbranched alkanes of at least 4 members (excludes halogenated alkanes) is 49. The van der Waals surface area contributed by atoms with Gasteiger partial charge >= 0.3 is 5.97 Å². The third-order valence-electron chi connectivity index (χ3n) is 17.9. The zero-order valence-corrected chi connectivity index (χ0v) is 56.0. The van der Waals surface area contributed by atoms with E-state index in [4.69, 9.17) is 14.2 Å². The fraction of sp³-hybridized carbons (Fsp3) is 0.919. The van der Waals surface area contributed by atoms with Crippen LogP contribution in [0.2, 0.25) is 0 Å². The molecule has 0 saturated carbocycles. The largest absolute Gasteiger partial charge is 0.454 e. The summed E-state index contributed by atoms with van der Waals surface area (Å²) in [5.74, 6) is -1.17. The Hall–Kier alpha value is -1.86. The summed E-state index contributed by atoms with van der Waals surface area (Å²) in [5, 5.41) is 57.3. The number of aliphatic hydroxyl groups is 5. The number of hydrogen-bond donors (Lipinski definition) is 6. The molecule has 6 N–H and O–H groups in total. The topological polar surface area (TPSA) is 175 Å². The summed E-state index contributed by atoms with van der Waals surface area (Å²) in [7, 11) is 0. The Morgan fingerprint density at radius 2 is 0.776 bits per heavy atom. The highest BCUT2D eigenvalue weighted by Gasteiger charge is 2.47. The van der Waals surface area contributed by atoms with Crippen LogP contribution in [0.1, 0.15) is 374 Å². The number of carbonyl (C=O) groups is 2. The Labute approximate surface area is 524 Å². The zero-order chi connectivity index (χ0) is 61.7. The first-order chi connectivity index (χ1) is 41.7. The molecule has 11 nitrogen and oxygen atoms in total. The van der Waals surface area contributed by atoms with Gasteiger partial charge in [-0.15, -0.1) is 0 Å². The number of hydrogen-bond acceptors (Lipinski definition) is 10. The Morgan fingerprint density at radius 1 is 0.447 bits per heavy atom. The summed E-state index contributed by atoms with van der Waals surface area (Å²) < 4.78 is 17.7. The molecule has 0 aromatic rings. The molecular weight excluding hydrogens is 1060 g/mol. The van der Waals surface area contributed by atoms with Crippen LogP contribution in [0.3, 0.4) is 0 Å². The molecular formula is C74H141NO10. The molecule has 0 aliphatic carbocycles. The van der Waals surface area contributed by atoms with Gasteiger partial charge in [-0.05, 0) is 51.4 Å². The highest BCUT2D eigenvalue weighted by Crippen LogP contribution is 2.27. The van der Waals surface area contributed by atoms with Crippen LogP contribution in [0, 0.1) is 0 Å². The van der Waals surface area contributed by atoms with Crippen LogP contribution < -0.4 is 5.32 Å². The van der Waals surface area contributed by atoms with Gasteiger partial charge in [0.05, 0.1) is 25.4 Å². The highest BCUT2D eigenvalue weighted by atomic mass is 16.7. The second-order valence-electron chi connectivity index (χ2n) is 26.0. The Morgan fingerprint density at radius 3 is 1.14 bits per heavy atom. The van der Waals surface area contributed by atoms with Crippen molar-refractivity contribution >= 4 is 11.9 Å². The molecule has 0 bridgehead atoms. The standard InChI is InChI=1S/C74H141NO10/c1-4-7-10-13-16-19-22-24-26-28-30-32-34-36-38-40-42-44-47-50-53-56-59-62-69(79)85-72-71(81)70(80)68(63-76)84-74(72)83-64-65(66(77)60-57-54-51-48-45-21-18-15-12-9-6-3)75-73(82)67(78)61-58-55-52-49-46-43-41-39-37-35-33-31-29-27-25-23-20-17-14-11-8-5-2/h25,27,57,60,65-68,70-72,74,76-78,80-81H,4-24,26,28-56,58-59,61-64H2,1-3H3,(H,75,82)/b27-25+,60-57+. The lowest BCUT2D eigenvalue weighted by molar-refractivity contribution is -0.305. The van der Waals surface area contributed by atoms with Crippen molar-refractivity contribution in [2.75, 3.05) is 13.2 Å².